The van der Waals surface area contributed by atoms with Crippen LogP contribution < -0.4 is 14.8 Å². The van der Waals surface area contributed by atoms with Gasteiger partial charge in [-0.1, -0.05) is 26.8 Å². The number of pyridine rings is 1. The molecular weight excluding hydrogens is 448 g/mol. The third-order valence-electron chi connectivity index (χ3n) is 5.63. The van der Waals surface area contributed by atoms with Crippen molar-refractivity contribution in [2.24, 2.45) is 5.41 Å². The van der Waals surface area contributed by atoms with E-state index in [0.29, 0.717) is 23.7 Å². The average molecular weight is 475 g/mol. The maximum atomic E-state index is 13.2. The molecule has 0 fully saturated rings. The lowest BCUT2D eigenvalue weighted by molar-refractivity contribution is 0.0931. The smallest absolute Gasteiger partial charge is 0.272 e. The number of fused-ring (bicyclic) bond motifs is 3. The summed E-state index contributed by atoms with van der Waals surface area (Å²) < 4.78 is 13.6. The molecule has 5 rings (SSSR count). The van der Waals surface area contributed by atoms with Crippen LogP contribution in [-0.4, -0.2) is 34.3 Å². The summed E-state index contributed by atoms with van der Waals surface area (Å²) in [5.74, 6) is 1.18. The summed E-state index contributed by atoms with van der Waals surface area (Å²) in [7, 11) is 1.64. The molecular formula is C26H26N4O3S. The zero-order valence-corrected chi connectivity index (χ0v) is 20.4. The molecule has 0 saturated heterocycles. The minimum Gasteiger partial charge on any atom is -0.496 e. The highest BCUT2D eigenvalue weighted by molar-refractivity contribution is 7.08. The van der Waals surface area contributed by atoms with E-state index in [4.69, 9.17) is 14.6 Å². The first-order valence-corrected chi connectivity index (χ1v) is 12.0. The molecule has 0 bridgehead atoms. The summed E-state index contributed by atoms with van der Waals surface area (Å²) in [6, 6.07) is 9.80. The number of hydrogen-bond donors (Lipinski definition) is 1. The summed E-state index contributed by atoms with van der Waals surface area (Å²) in [6.07, 6.45) is 3.54. The highest BCUT2D eigenvalue weighted by Gasteiger charge is 2.31. The molecule has 0 aliphatic carbocycles. The van der Waals surface area contributed by atoms with Gasteiger partial charge in [0.15, 0.2) is 5.69 Å². The molecule has 0 unspecified atom stereocenters. The Morgan fingerprint density at radius 1 is 1.26 bits per heavy atom. The summed E-state index contributed by atoms with van der Waals surface area (Å²) in [5.41, 5.74) is 5.55. The van der Waals surface area contributed by atoms with Gasteiger partial charge in [-0.3, -0.25) is 9.78 Å². The van der Waals surface area contributed by atoms with Crippen LogP contribution in [-0.2, 0) is 6.61 Å². The molecule has 4 aromatic rings. The standard InChI is InChI=1S/C26H26N4O3S/c1-26(2,3)15-28-25(31)23-20-13-33-22-11-21(32-4)18(16-6-5-8-27-12-16)10-19(22)24(20)30(29-23)17-7-9-34-14-17/h5-12,14H,13,15H2,1-4H3,(H,28,31). The molecule has 0 radical (unpaired) electrons. The van der Waals surface area contributed by atoms with Crippen molar-refractivity contribution in [3.8, 4) is 39.6 Å². The van der Waals surface area contributed by atoms with Gasteiger partial charge in [-0.15, -0.1) is 0 Å². The van der Waals surface area contributed by atoms with Crippen molar-refractivity contribution in [3.63, 3.8) is 0 Å². The van der Waals surface area contributed by atoms with E-state index in [2.05, 4.69) is 31.1 Å². The molecule has 1 aliphatic heterocycles. The fourth-order valence-electron chi connectivity index (χ4n) is 3.97. The second-order valence-electron chi connectivity index (χ2n) is 9.39. The molecule has 0 atom stereocenters. The van der Waals surface area contributed by atoms with Crippen molar-refractivity contribution < 1.29 is 14.3 Å². The van der Waals surface area contributed by atoms with Crippen LogP contribution in [0.15, 0.2) is 53.5 Å². The monoisotopic (exact) mass is 474 g/mol. The molecule has 4 heterocycles. The Labute approximate surface area is 202 Å². The number of ether oxygens (including phenoxy) is 2. The Hall–Kier alpha value is -3.65. The minimum atomic E-state index is -0.201. The van der Waals surface area contributed by atoms with E-state index >= 15 is 0 Å². The number of nitrogens with zero attached hydrogens (tertiary/aromatic N) is 3. The third-order valence-corrected chi connectivity index (χ3v) is 6.30. The molecule has 34 heavy (non-hydrogen) atoms. The molecule has 1 amide bonds. The van der Waals surface area contributed by atoms with Gasteiger partial charge in [0.2, 0.25) is 0 Å². The molecule has 0 spiro atoms. The molecule has 1 aliphatic rings. The Kier molecular flexibility index (Phi) is 5.61. The fourth-order valence-corrected chi connectivity index (χ4v) is 4.59. The number of rotatable bonds is 5. The predicted molar refractivity (Wildman–Crippen MR) is 133 cm³/mol. The molecule has 8 heteroatoms. The Morgan fingerprint density at radius 3 is 2.79 bits per heavy atom. The first kappa shape index (κ1) is 22.2. The number of methoxy groups -OCH3 is 1. The van der Waals surface area contributed by atoms with E-state index in [1.807, 2.05) is 45.8 Å². The van der Waals surface area contributed by atoms with Gasteiger partial charge < -0.3 is 14.8 Å². The normalized spacial score (nSPS) is 12.5. The van der Waals surface area contributed by atoms with E-state index < -0.39 is 0 Å². The molecule has 0 saturated carbocycles. The van der Waals surface area contributed by atoms with Gasteiger partial charge in [-0.25, -0.2) is 4.68 Å². The van der Waals surface area contributed by atoms with Crippen molar-refractivity contribution in [3.05, 3.63) is 64.7 Å². The first-order valence-electron chi connectivity index (χ1n) is 11.0. The van der Waals surface area contributed by atoms with Crippen LogP contribution in [0.2, 0.25) is 0 Å². The quantitative estimate of drug-likeness (QED) is 0.422. The maximum absolute atomic E-state index is 13.2. The van der Waals surface area contributed by atoms with E-state index in [0.717, 1.165) is 33.6 Å². The van der Waals surface area contributed by atoms with Crippen LogP contribution in [0.4, 0.5) is 0 Å². The number of aromatic nitrogens is 3. The molecule has 174 valence electrons. The van der Waals surface area contributed by atoms with Crippen molar-refractivity contribution in [1.82, 2.24) is 20.1 Å². The lowest BCUT2D eigenvalue weighted by Gasteiger charge is -2.22. The number of nitrogens with one attached hydrogen (secondary N) is 1. The molecule has 7 nitrogen and oxygen atoms in total. The highest BCUT2D eigenvalue weighted by Crippen LogP contribution is 2.46. The third kappa shape index (κ3) is 4.05. The van der Waals surface area contributed by atoms with E-state index in [-0.39, 0.29) is 17.9 Å². The Morgan fingerprint density at radius 2 is 2.12 bits per heavy atom. The van der Waals surface area contributed by atoms with E-state index in [1.54, 1.807) is 30.8 Å². The number of carbonyl (C=O) groups excluding carboxylic acids is 1. The number of benzene rings is 1. The summed E-state index contributed by atoms with van der Waals surface area (Å²) in [5, 5.41) is 11.8. The van der Waals surface area contributed by atoms with Gasteiger partial charge in [-0.2, -0.15) is 16.4 Å². The lowest BCUT2D eigenvalue weighted by atomic mass is 9.96. The van der Waals surface area contributed by atoms with Crippen LogP contribution in [0, 0.1) is 5.41 Å². The van der Waals surface area contributed by atoms with Gasteiger partial charge in [0, 0.05) is 52.6 Å². The SMILES string of the molecule is COc1cc2c(cc1-c1cccnc1)-c1c(c(C(=O)NCC(C)(C)C)nn1-c1ccsc1)CO2. The highest BCUT2D eigenvalue weighted by atomic mass is 32.1. The van der Waals surface area contributed by atoms with Crippen LogP contribution in [0.5, 0.6) is 11.5 Å². The van der Waals surface area contributed by atoms with Gasteiger partial charge in [0.1, 0.15) is 18.1 Å². The maximum Gasteiger partial charge on any atom is 0.272 e. The van der Waals surface area contributed by atoms with Crippen LogP contribution in [0.25, 0.3) is 28.1 Å². The van der Waals surface area contributed by atoms with Crippen molar-refractivity contribution in [2.45, 2.75) is 27.4 Å². The van der Waals surface area contributed by atoms with Gasteiger partial charge >= 0.3 is 0 Å². The van der Waals surface area contributed by atoms with Crippen molar-refractivity contribution >= 4 is 17.2 Å². The number of carbonyl (C=O) groups is 1. The number of amides is 1. The summed E-state index contributed by atoms with van der Waals surface area (Å²) in [4.78, 5) is 17.4. The van der Waals surface area contributed by atoms with Gasteiger partial charge in [0.05, 0.1) is 18.5 Å². The fraction of sp³-hybridized carbons (Fsp3) is 0.269. The topological polar surface area (TPSA) is 78.3 Å². The van der Waals surface area contributed by atoms with Crippen LogP contribution in [0.3, 0.4) is 0 Å². The first-order chi connectivity index (χ1) is 16.4. The second kappa shape index (κ2) is 8.61. The Bertz CT molecular complexity index is 1340. The van der Waals surface area contributed by atoms with Crippen molar-refractivity contribution in [2.75, 3.05) is 13.7 Å². The number of hydrogen-bond acceptors (Lipinski definition) is 6. The summed E-state index contributed by atoms with van der Waals surface area (Å²) in [6.45, 7) is 7.05. The van der Waals surface area contributed by atoms with E-state index in [1.165, 1.54) is 0 Å². The Balaban J connectivity index is 1.69. The minimum absolute atomic E-state index is 0.0378. The van der Waals surface area contributed by atoms with Gasteiger partial charge in [-0.05, 0) is 29.0 Å². The van der Waals surface area contributed by atoms with E-state index in [9.17, 15) is 4.79 Å². The van der Waals surface area contributed by atoms with Gasteiger partial charge in [0.25, 0.3) is 5.91 Å². The predicted octanol–water partition coefficient (Wildman–Crippen LogP) is 5.34. The van der Waals surface area contributed by atoms with Crippen LogP contribution >= 0.6 is 11.3 Å². The molecule has 1 aromatic carbocycles. The summed E-state index contributed by atoms with van der Waals surface area (Å²) >= 11 is 1.58. The zero-order chi connectivity index (χ0) is 23.9. The zero-order valence-electron chi connectivity index (χ0n) is 19.6. The number of thiophene rings is 1. The van der Waals surface area contributed by atoms with Crippen LogP contribution in [0.1, 0.15) is 36.8 Å². The molecule has 1 N–H and O–H groups in total. The lowest BCUT2D eigenvalue weighted by Crippen LogP contribution is -2.33. The molecule has 3 aromatic heterocycles. The van der Waals surface area contributed by atoms with Crippen molar-refractivity contribution in [1.29, 1.82) is 0 Å². The second-order valence-corrected chi connectivity index (χ2v) is 10.2. The average Bonchev–Trinajstić information content (AvgIpc) is 3.50. The largest absolute Gasteiger partial charge is 0.496 e.